The van der Waals surface area contributed by atoms with E-state index in [2.05, 4.69) is 10.6 Å². The molecule has 3 rings (SSSR count). The quantitative estimate of drug-likeness (QED) is 0.829. The van der Waals surface area contributed by atoms with E-state index in [0.29, 0.717) is 16.9 Å². The normalized spacial score (nSPS) is 19.6. The lowest BCUT2D eigenvalue weighted by molar-refractivity contribution is -0.121. The van der Waals surface area contributed by atoms with Crippen LogP contribution in [0, 0.1) is 5.82 Å². The fourth-order valence-corrected chi connectivity index (χ4v) is 2.94. The van der Waals surface area contributed by atoms with E-state index in [4.69, 9.17) is 4.74 Å². The van der Waals surface area contributed by atoms with E-state index in [1.54, 1.807) is 12.1 Å². The third-order valence-corrected chi connectivity index (χ3v) is 4.32. The van der Waals surface area contributed by atoms with Crippen molar-refractivity contribution in [1.29, 1.82) is 0 Å². The number of Topliss-reactive ketones (excluding diaryl/α,β-unsaturated/α-hetero) is 1. The van der Waals surface area contributed by atoms with E-state index < -0.39 is 11.7 Å². The molecule has 6 heteroatoms. The predicted octanol–water partition coefficient (Wildman–Crippen LogP) is 1.99. The van der Waals surface area contributed by atoms with Gasteiger partial charge >= 0.3 is 0 Å². The Hall–Kier alpha value is -2.63. The second kappa shape index (κ2) is 6.86. The van der Waals surface area contributed by atoms with Gasteiger partial charge in [-0.3, -0.25) is 9.59 Å². The fourth-order valence-electron chi connectivity index (χ4n) is 2.94. The predicted molar refractivity (Wildman–Crippen MR) is 86.7 cm³/mol. The van der Waals surface area contributed by atoms with Gasteiger partial charge in [0.25, 0.3) is 5.91 Å². The van der Waals surface area contributed by atoms with Gasteiger partial charge < -0.3 is 15.4 Å². The fraction of sp³-hybridized carbons (Fsp3) is 0.333. The Morgan fingerprint density at radius 1 is 1.46 bits per heavy atom. The Morgan fingerprint density at radius 2 is 2.29 bits per heavy atom. The molecule has 0 radical (unpaired) electrons. The van der Waals surface area contributed by atoms with Crippen LogP contribution >= 0.6 is 0 Å². The summed E-state index contributed by atoms with van der Waals surface area (Å²) < 4.78 is 18.8. The van der Waals surface area contributed by atoms with Crippen molar-refractivity contribution >= 4 is 11.7 Å². The first kappa shape index (κ1) is 16.2. The van der Waals surface area contributed by atoms with Crippen LogP contribution in [0.4, 0.5) is 4.39 Å². The number of hydrogen-bond acceptors (Lipinski definition) is 4. The maximum atomic E-state index is 13.9. The zero-order chi connectivity index (χ0) is 17.1. The number of ketones is 1. The first-order chi connectivity index (χ1) is 11.6. The van der Waals surface area contributed by atoms with Crippen LogP contribution in [0.25, 0.3) is 0 Å². The van der Waals surface area contributed by atoms with Crippen LogP contribution in [0.1, 0.15) is 24.8 Å². The lowest BCUT2D eigenvalue weighted by Gasteiger charge is -2.28. The smallest absolute Gasteiger partial charge is 0.257 e. The maximum Gasteiger partial charge on any atom is 0.257 e. The Balaban J connectivity index is 1.67. The Bertz CT molecular complexity index is 740. The standard InChI is InChI=1S/C18H19FN2O3/c1-24-12-7-6-11(15(19)8-12)9-21-18(23)14-10-20-16-5-3-2-4-13(16)17(14)22/h4,6-8,10,16,20H,2-3,5,9H2,1H3,(H,21,23). The van der Waals surface area contributed by atoms with Crippen LogP contribution in [0.3, 0.4) is 0 Å². The van der Waals surface area contributed by atoms with Crippen LogP contribution in [0.2, 0.25) is 0 Å². The van der Waals surface area contributed by atoms with Crippen molar-refractivity contribution < 1.29 is 18.7 Å². The van der Waals surface area contributed by atoms with Crippen LogP contribution < -0.4 is 15.4 Å². The van der Waals surface area contributed by atoms with Crippen molar-refractivity contribution in [3.05, 3.63) is 53.0 Å². The zero-order valence-electron chi connectivity index (χ0n) is 13.4. The topological polar surface area (TPSA) is 67.4 Å². The Labute approximate surface area is 139 Å². The average Bonchev–Trinajstić information content (AvgIpc) is 2.61. The second-order valence-corrected chi connectivity index (χ2v) is 5.84. The molecule has 0 saturated carbocycles. The highest BCUT2D eigenvalue weighted by Gasteiger charge is 2.31. The van der Waals surface area contributed by atoms with Gasteiger partial charge in [0.05, 0.1) is 13.2 Å². The largest absolute Gasteiger partial charge is 0.497 e. The number of methoxy groups -OCH3 is 1. The highest BCUT2D eigenvalue weighted by Crippen LogP contribution is 2.25. The summed E-state index contributed by atoms with van der Waals surface area (Å²) in [5, 5.41) is 5.70. The summed E-state index contributed by atoms with van der Waals surface area (Å²) in [7, 11) is 1.46. The molecule has 1 aliphatic carbocycles. The minimum atomic E-state index is -0.507. The van der Waals surface area contributed by atoms with Crippen molar-refractivity contribution in [3.8, 4) is 5.75 Å². The SMILES string of the molecule is COc1ccc(CNC(=O)C2=CNC3CCCC=C3C2=O)c(F)c1. The highest BCUT2D eigenvalue weighted by atomic mass is 19.1. The minimum absolute atomic E-state index is 0.00170. The number of ether oxygens (including phenoxy) is 1. The van der Waals surface area contributed by atoms with Crippen molar-refractivity contribution in [2.24, 2.45) is 0 Å². The molecule has 0 spiro atoms. The summed E-state index contributed by atoms with van der Waals surface area (Å²) in [6.07, 6.45) is 6.13. The van der Waals surface area contributed by atoms with E-state index in [1.165, 1.54) is 19.4 Å². The molecule has 1 unspecified atom stereocenters. The van der Waals surface area contributed by atoms with Crippen LogP contribution in [-0.2, 0) is 16.1 Å². The summed E-state index contributed by atoms with van der Waals surface area (Å²) in [5.41, 5.74) is 1.05. The maximum absolute atomic E-state index is 13.9. The van der Waals surface area contributed by atoms with E-state index in [9.17, 15) is 14.0 Å². The van der Waals surface area contributed by atoms with Gasteiger partial charge in [0, 0.05) is 29.9 Å². The number of allylic oxidation sites excluding steroid dienone is 1. The lowest BCUT2D eigenvalue weighted by Crippen LogP contribution is -2.41. The third kappa shape index (κ3) is 3.18. The minimum Gasteiger partial charge on any atom is -0.497 e. The van der Waals surface area contributed by atoms with E-state index >= 15 is 0 Å². The van der Waals surface area contributed by atoms with Crippen molar-refractivity contribution in [1.82, 2.24) is 10.6 Å². The van der Waals surface area contributed by atoms with Gasteiger partial charge in [-0.2, -0.15) is 0 Å². The molecule has 1 amide bonds. The number of fused-ring (bicyclic) bond motifs is 1. The molecular weight excluding hydrogens is 311 g/mol. The summed E-state index contributed by atoms with van der Waals surface area (Å²) in [5.74, 6) is -0.808. The highest BCUT2D eigenvalue weighted by molar-refractivity contribution is 6.26. The van der Waals surface area contributed by atoms with Gasteiger partial charge in [0.15, 0.2) is 5.78 Å². The van der Waals surface area contributed by atoms with Gasteiger partial charge in [-0.1, -0.05) is 12.1 Å². The molecule has 1 atom stereocenters. The number of carbonyl (C=O) groups excluding carboxylic acids is 2. The Kier molecular flexibility index (Phi) is 4.64. The number of carbonyl (C=O) groups is 2. The van der Waals surface area contributed by atoms with E-state index in [1.807, 2.05) is 6.08 Å². The molecule has 1 heterocycles. The molecule has 1 aromatic carbocycles. The number of amides is 1. The molecule has 1 aromatic rings. The molecule has 126 valence electrons. The number of nitrogens with one attached hydrogen (secondary N) is 2. The number of halogens is 1. The molecular formula is C18H19FN2O3. The van der Waals surface area contributed by atoms with Crippen LogP contribution in [-0.4, -0.2) is 24.8 Å². The molecule has 5 nitrogen and oxygen atoms in total. The molecule has 24 heavy (non-hydrogen) atoms. The molecule has 1 aliphatic heterocycles. The average molecular weight is 330 g/mol. The number of rotatable bonds is 4. The zero-order valence-corrected chi connectivity index (χ0v) is 13.4. The van der Waals surface area contributed by atoms with Crippen molar-refractivity contribution in [2.45, 2.75) is 31.8 Å². The molecule has 0 bridgehead atoms. The van der Waals surface area contributed by atoms with Gasteiger partial charge in [0.1, 0.15) is 17.1 Å². The summed E-state index contributed by atoms with van der Waals surface area (Å²) in [6.45, 7) is 0.00174. The van der Waals surface area contributed by atoms with Gasteiger partial charge in [0.2, 0.25) is 0 Å². The lowest BCUT2D eigenvalue weighted by atomic mass is 9.86. The Morgan fingerprint density at radius 3 is 3.04 bits per heavy atom. The van der Waals surface area contributed by atoms with E-state index in [0.717, 1.165) is 19.3 Å². The first-order valence-electron chi connectivity index (χ1n) is 7.91. The molecule has 0 fully saturated rings. The van der Waals surface area contributed by atoms with Gasteiger partial charge in [-0.25, -0.2) is 4.39 Å². The first-order valence-corrected chi connectivity index (χ1v) is 7.91. The summed E-state index contributed by atoms with van der Waals surface area (Å²) in [6, 6.07) is 4.42. The molecule has 2 aliphatic rings. The molecule has 0 aromatic heterocycles. The van der Waals surface area contributed by atoms with Crippen molar-refractivity contribution in [3.63, 3.8) is 0 Å². The van der Waals surface area contributed by atoms with Crippen LogP contribution in [0.5, 0.6) is 5.75 Å². The molecule has 0 saturated heterocycles. The third-order valence-electron chi connectivity index (χ3n) is 4.32. The number of benzene rings is 1. The summed E-state index contributed by atoms with van der Waals surface area (Å²) >= 11 is 0. The van der Waals surface area contributed by atoms with Gasteiger partial charge in [-0.05, 0) is 25.3 Å². The second-order valence-electron chi connectivity index (χ2n) is 5.84. The molecule has 2 N–H and O–H groups in total. The van der Waals surface area contributed by atoms with Crippen LogP contribution in [0.15, 0.2) is 41.6 Å². The van der Waals surface area contributed by atoms with E-state index in [-0.39, 0.29) is 23.9 Å². The van der Waals surface area contributed by atoms with Gasteiger partial charge in [-0.15, -0.1) is 0 Å². The summed E-state index contributed by atoms with van der Waals surface area (Å²) in [4.78, 5) is 24.7. The monoisotopic (exact) mass is 330 g/mol. The number of hydrogen-bond donors (Lipinski definition) is 2. The van der Waals surface area contributed by atoms with Crippen molar-refractivity contribution in [2.75, 3.05) is 7.11 Å².